The minimum absolute atomic E-state index is 0.147. The lowest BCUT2D eigenvalue weighted by atomic mass is 9.89. The van der Waals surface area contributed by atoms with E-state index in [1.807, 2.05) is 19.9 Å². The maximum absolute atomic E-state index is 13.5. The van der Waals surface area contributed by atoms with E-state index in [9.17, 15) is 13.2 Å². The predicted molar refractivity (Wildman–Crippen MR) is 139 cm³/mol. The fraction of sp³-hybridized carbons (Fsp3) is 0.296. The average molecular weight is 542 g/mol. The zero-order valence-corrected chi connectivity index (χ0v) is 21.8. The monoisotopic (exact) mass is 540 g/mol. The summed E-state index contributed by atoms with van der Waals surface area (Å²) in [5, 5.41) is 2.99. The topological polar surface area (TPSA) is 66.5 Å². The Hall–Kier alpha value is -2.64. The summed E-state index contributed by atoms with van der Waals surface area (Å²) in [7, 11) is -3.94. The van der Waals surface area contributed by atoms with Crippen LogP contribution in [0.3, 0.4) is 0 Å². The molecule has 1 unspecified atom stereocenters. The summed E-state index contributed by atoms with van der Waals surface area (Å²) in [5.74, 6) is -0.360. The number of benzene rings is 3. The summed E-state index contributed by atoms with van der Waals surface area (Å²) < 4.78 is 29.0. The van der Waals surface area contributed by atoms with Crippen molar-refractivity contribution in [1.29, 1.82) is 0 Å². The van der Waals surface area contributed by atoms with Crippen molar-refractivity contribution in [2.75, 3.05) is 10.8 Å². The molecule has 1 amide bonds. The lowest BCUT2D eigenvalue weighted by Crippen LogP contribution is -2.41. The van der Waals surface area contributed by atoms with E-state index in [0.29, 0.717) is 5.69 Å². The standard InChI is InChI=1S/C27H29BrN2O3S/c1-19-10-14-26(15-11-19)34(32,33)30(25-9-5-8-24(28)17-25)18-27(31)29-20(2)22-13-12-21-6-3-4-7-23(21)16-22/h5,8-17,20H,3-4,6-7,18H2,1-2H3,(H,29,31). The Morgan fingerprint density at radius 3 is 2.41 bits per heavy atom. The molecule has 1 aliphatic rings. The number of hydrogen-bond donors (Lipinski definition) is 1. The van der Waals surface area contributed by atoms with Gasteiger partial charge < -0.3 is 5.32 Å². The number of anilines is 1. The molecule has 0 saturated heterocycles. The van der Waals surface area contributed by atoms with Gasteiger partial charge in [0.05, 0.1) is 16.6 Å². The van der Waals surface area contributed by atoms with Gasteiger partial charge in [0.1, 0.15) is 6.54 Å². The van der Waals surface area contributed by atoms with Crippen molar-refractivity contribution in [3.05, 3.63) is 93.5 Å². The van der Waals surface area contributed by atoms with Crippen LogP contribution in [-0.4, -0.2) is 20.9 Å². The van der Waals surface area contributed by atoms with Crippen LogP contribution in [0.25, 0.3) is 0 Å². The highest BCUT2D eigenvalue weighted by molar-refractivity contribution is 9.10. The molecule has 0 saturated carbocycles. The molecule has 178 valence electrons. The van der Waals surface area contributed by atoms with Crippen LogP contribution >= 0.6 is 15.9 Å². The fourth-order valence-electron chi connectivity index (χ4n) is 4.31. The van der Waals surface area contributed by atoms with E-state index in [0.717, 1.165) is 32.7 Å². The van der Waals surface area contributed by atoms with Crippen LogP contribution in [0, 0.1) is 6.92 Å². The normalized spacial score (nSPS) is 14.2. The molecule has 0 spiro atoms. The highest BCUT2D eigenvalue weighted by Gasteiger charge is 2.28. The molecule has 7 heteroatoms. The van der Waals surface area contributed by atoms with Gasteiger partial charge in [-0.3, -0.25) is 9.10 Å². The third-order valence-corrected chi connectivity index (χ3v) is 8.52. The highest BCUT2D eigenvalue weighted by atomic mass is 79.9. The second-order valence-electron chi connectivity index (χ2n) is 8.83. The number of rotatable bonds is 7. The Bertz CT molecular complexity index is 1290. The van der Waals surface area contributed by atoms with Gasteiger partial charge in [-0.25, -0.2) is 8.42 Å². The summed E-state index contributed by atoms with van der Waals surface area (Å²) in [6.07, 6.45) is 4.58. The predicted octanol–water partition coefficient (Wildman–Crippen LogP) is 5.71. The average Bonchev–Trinajstić information content (AvgIpc) is 2.82. The summed E-state index contributed by atoms with van der Waals surface area (Å²) in [6.45, 7) is 3.51. The van der Waals surface area contributed by atoms with E-state index in [-0.39, 0.29) is 23.4 Å². The minimum atomic E-state index is -3.94. The smallest absolute Gasteiger partial charge is 0.264 e. The Morgan fingerprint density at radius 2 is 1.71 bits per heavy atom. The van der Waals surface area contributed by atoms with Crippen molar-refractivity contribution in [3.63, 3.8) is 0 Å². The van der Waals surface area contributed by atoms with Gasteiger partial charge in [-0.05, 0) is 86.6 Å². The Balaban J connectivity index is 1.57. The molecule has 4 rings (SSSR count). The van der Waals surface area contributed by atoms with Crippen molar-refractivity contribution >= 4 is 37.5 Å². The van der Waals surface area contributed by atoms with Gasteiger partial charge in [0, 0.05) is 4.47 Å². The molecule has 0 bridgehead atoms. The second kappa shape index (κ2) is 10.3. The van der Waals surface area contributed by atoms with Crippen molar-refractivity contribution in [2.45, 2.75) is 50.5 Å². The first-order valence-corrected chi connectivity index (χ1v) is 13.7. The fourth-order valence-corrected chi connectivity index (χ4v) is 6.11. The Labute approximate surface area is 210 Å². The summed E-state index contributed by atoms with van der Waals surface area (Å²) in [5.41, 5.74) is 5.15. The molecule has 1 atom stereocenters. The molecule has 1 N–H and O–H groups in total. The van der Waals surface area contributed by atoms with Crippen molar-refractivity contribution < 1.29 is 13.2 Å². The van der Waals surface area contributed by atoms with E-state index in [4.69, 9.17) is 0 Å². The number of nitrogens with zero attached hydrogens (tertiary/aromatic N) is 1. The number of hydrogen-bond acceptors (Lipinski definition) is 3. The van der Waals surface area contributed by atoms with Crippen LogP contribution in [0.4, 0.5) is 5.69 Å². The lowest BCUT2D eigenvalue weighted by Gasteiger charge is -2.26. The van der Waals surface area contributed by atoms with Gasteiger partial charge in [-0.1, -0.05) is 57.9 Å². The molecule has 0 heterocycles. The number of halogens is 1. The molecule has 34 heavy (non-hydrogen) atoms. The number of aryl methyl sites for hydroxylation is 3. The van der Waals surface area contributed by atoms with Crippen molar-refractivity contribution in [1.82, 2.24) is 5.32 Å². The van der Waals surface area contributed by atoms with Gasteiger partial charge in [0.15, 0.2) is 0 Å². The number of sulfonamides is 1. The van der Waals surface area contributed by atoms with Crippen LogP contribution in [0.2, 0.25) is 0 Å². The van der Waals surface area contributed by atoms with Gasteiger partial charge in [0.25, 0.3) is 10.0 Å². The first kappa shape index (κ1) is 24.5. The quantitative estimate of drug-likeness (QED) is 0.417. The molecular formula is C27H29BrN2O3S. The first-order valence-electron chi connectivity index (χ1n) is 11.5. The zero-order valence-electron chi connectivity index (χ0n) is 19.4. The molecular weight excluding hydrogens is 512 g/mol. The van der Waals surface area contributed by atoms with Crippen LogP contribution in [0.1, 0.15) is 48.1 Å². The van der Waals surface area contributed by atoms with Gasteiger partial charge >= 0.3 is 0 Å². The molecule has 1 aliphatic carbocycles. The Kier molecular flexibility index (Phi) is 7.43. The van der Waals surface area contributed by atoms with Gasteiger partial charge in [-0.2, -0.15) is 0 Å². The van der Waals surface area contributed by atoms with Gasteiger partial charge in [-0.15, -0.1) is 0 Å². The maximum Gasteiger partial charge on any atom is 0.264 e. The van der Waals surface area contributed by atoms with Crippen LogP contribution in [0.5, 0.6) is 0 Å². The van der Waals surface area contributed by atoms with E-state index in [1.165, 1.54) is 24.0 Å². The van der Waals surface area contributed by atoms with Crippen LogP contribution in [0.15, 0.2) is 76.1 Å². The van der Waals surface area contributed by atoms with Crippen LogP contribution in [-0.2, 0) is 27.7 Å². The largest absolute Gasteiger partial charge is 0.348 e. The van der Waals surface area contributed by atoms with E-state index in [2.05, 4.69) is 39.4 Å². The summed E-state index contributed by atoms with van der Waals surface area (Å²) in [6, 6.07) is 19.8. The summed E-state index contributed by atoms with van der Waals surface area (Å²) in [4.78, 5) is 13.2. The molecule has 0 radical (unpaired) electrons. The lowest BCUT2D eigenvalue weighted by molar-refractivity contribution is -0.120. The molecule has 5 nitrogen and oxygen atoms in total. The van der Waals surface area contributed by atoms with E-state index in [1.54, 1.807) is 42.5 Å². The van der Waals surface area contributed by atoms with Crippen molar-refractivity contribution in [2.24, 2.45) is 0 Å². The molecule has 3 aromatic rings. The van der Waals surface area contributed by atoms with E-state index >= 15 is 0 Å². The Morgan fingerprint density at radius 1 is 1.00 bits per heavy atom. The number of fused-ring (bicyclic) bond motifs is 1. The van der Waals surface area contributed by atoms with Gasteiger partial charge in [0.2, 0.25) is 5.91 Å². The maximum atomic E-state index is 13.5. The minimum Gasteiger partial charge on any atom is -0.348 e. The first-order chi connectivity index (χ1) is 16.2. The molecule has 3 aromatic carbocycles. The number of nitrogens with one attached hydrogen (secondary N) is 1. The molecule has 0 fully saturated rings. The SMILES string of the molecule is Cc1ccc(S(=O)(=O)N(CC(=O)NC(C)c2ccc3c(c2)CCCC3)c2cccc(Br)c2)cc1. The molecule has 0 aliphatic heterocycles. The highest BCUT2D eigenvalue weighted by Crippen LogP contribution is 2.27. The van der Waals surface area contributed by atoms with E-state index < -0.39 is 10.0 Å². The number of carbonyl (C=O) groups excluding carboxylic acids is 1. The van der Waals surface area contributed by atoms with Crippen LogP contribution < -0.4 is 9.62 Å². The van der Waals surface area contributed by atoms with Crippen molar-refractivity contribution in [3.8, 4) is 0 Å². The zero-order chi connectivity index (χ0) is 24.3. The number of amides is 1. The number of carbonyl (C=O) groups is 1. The third-order valence-electron chi connectivity index (χ3n) is 6.24. The summed E-state index contributed by atoms with van der Waals surface area (Å²) >= 11 is 3.41. The third kappa shape index (κ3) is 5.53. The molecule has 0 aromatic heterocycles. The second-order valence-corrected chi connectivity index (χ2v) is 11.6.